The van der Waals surface area contributed by atoms with Crippen molar-refractivity contribution in [2.24, 2.45) is 0 Å². The van der Waals surface area contributed by atoms with Crippen molar-refractivity contribution in [1.82, 2.24) is 15.0 Å². The summed E-state index contributed by atoms with van der Waals surface area (Å²) in [6.07, 6.45) is 0. The molecule has 12 rings (SSSR count). The van der Waals surface area contributed by atoms with E-state index in [0.29, 0.717) is 17.5 Å². The smallest absolute Gasteiger partial charge is 0.164 e. The molecule has 0 bridgehead atoms. The van der Waals surface area contributed by atoms with Crippen LogP contribution in [0.15, 0.2) is 237 Å². The van der Waals surface area contributed by atoms with Crippen molar-refractivity contribution in [3.8, 4) is 78.7 Å². The lowest BCUT2D eigenvalue weighted by Gasteiger charge is -2.16. The molecule has 0 spiro atoms. The molecule has 0 amide bonds. The van der Waals surface area contributed by atoms with Gasteiger partial charge in [-0.15, -0.1) is 0 Å². The van der Waals surface area contributed by atoms with Crippen molar-refractivity contribution in [2.45, 2.75) is 0 Å². The van der Waals surface area contributed by atoms with Crippen LogP contribution < -0.4 is 0 Å². The molecule has 0 radical (unpaired) electrons. The molecule has 0 aliphatic carbocycles. The van der Waals surface area contributed by atoms with E-state index < -0.39 is 0 Å². The third-order valence-electron chi connectivity index (χ3n) is 12.6. The van der Waals surface area contributed by atoms with Gasteiger partial charge in [0.1, 0.15) is 0 Å². The van der Waals surface area contributed by atoms with E-state index in [1.54, 1.807) is 0 Å². The highest BCUT2D eigenvalue weighted by atomic mass is 15.0. The van der Waals surface area contributed by atoms with E-state index in [-0.39, 0.29) is 0 Å². The second kappa shape index (κ2) is 15.7. The van der Waals surface area contributed by atoms with Gasteiger partial charge in [0.2, 0.25) is 0 Å². The normalized spacial score (nSPS) is 11.4. The lowest BCUT2D eigenvalue weighted by Crippen LogP contribution is -2.00. The molecular weight excluding hydrogens is 775 g/mol. The summed E-state index contributed by atoms with van der Waals surface area (Å²) >= 11 is 0. The number of hydrogen-bond acceptors (Lipinski definition) is 3. The van der Waals surface area contributed by atoms with Crippen LogP contribution in [-0.2, 0) is 0 Å². The molecule has 1 heterocycles. The maximum Gasteiger partial charge on any atom is 0.164 e. The first-order valence-electron chi connectivity index (χ1n) is 21.8. The van der Waals surface area contributed by atoms with Crippen LogP contribution in [0.2, 0.25) is 0 Å². The van der Waals surface area contributed by atoms with Gasteiger partial charge < -0.3 is 0 Å². The maximum absolute atomic E-state index is 5.07. The molecular formula is C61H39N3. The lowest BCUT2D eigenvalue weighted by molar-refractivity contribution is 1.07. The molecule has 0 atom stereocenters. The van der Waals surface area contributed by atoms with Gasteiger partial charge in [0.25, 0.3) is 0 Å². The Labute approximate surface area is 371 Å². The van der Waals surface area contributed by atoms with E-state index in [1.165, 1.54) is 76.5 Å². The summed E-state index contributed by atoms with van der Waals surface area (Å²) in [5, 5.41) is 10.1. The van der Waals surface area contributed by atoms with E-state index >= 15 is 0 Å². The first-order valence-corrected chi connectivity index (χ1v) is 21.8. The zero-order valence-electron chi connectivity index (χ0n) is 34.9. The van der Waals surface area contributed by atoms with Crippen LogP contribution in [0.1, 0.15) is 0 Å². The van der Waals surface area contributed by atoms with Crippen LogP contribution in [0.4, 0.5) is 0 Å². The Morgan fingerprint density at radius 2 is 0.562 bits per heavy atom. The number of aromatic nitrogens is 3. The van der Waals surface area contributed by atoms with Crippen molar-refractivity contribution in [3.05, 3.63) is 237 Å². The fraction of sp³-hybridized carbons (Fsp3) is 0. The van der Waals surface area contributed by atoms with E-state index in [0.717, 1.165) is 27.8 Å². The van der Waals surface area contributed by atoms with Gasteiger partial charge in [0, 0.05) is 16.7 Å². The molecule has 0 aliphatic rings. The maximum atomic E-state index is 5.07. The van der Waals surface area contributed by atoms with Gasteiger partial charge in [-0.05, 0) is 93.7 Å². The number of benzene rings is 11. The number of rotatable bonds is 7. The highest BCUT2D eigenvalue weighted by Crippen LogP contribution is 2.41. The van der Waals surface area contributed by atoms with Gasteiger partial charge in [-0.1, -0.05) is 231 Å². The van der Waals surface area contributed by atoms with Gasteiger partial charge in [-0.25, -0.2) is 15.0 Å². The molecule has 0 aliphatic heterocycles. The lowest BCUT2D eigenvalue weighted by atomic mass is 9.88. The van der Waals surface area contributed by atoms with E-state index in [9.17, 15) is 0 Å². The molecule has 0 saturated heterocycles. The molecule has 3 nitrogen and oxygen atoms in total. The topological polar surface area (TPSA) is 38.7 Å². The second-order valence-corrected chi connectivity index (χ2v) is 16.3. The Bertz CT molecular complexity index is 3640. The summed E-state index contributed by atoms with van der Waals surface area (Å²) in [4.78, 5) is 15.1. The fourth-order valence-corrected chi connectivity index (χ4v) is 9.33. The predicted octanol–water partition coefficient (Wildman–Crippen LogP) is 16.2. The third kappa shape index (κ3) is 6.68. The number of hydrogen-bond donors (Lipinski definition) is 0. The van der Waals surface area contributed by atoms with Crippen LogP contribution in [0.5, 0.6) is 0 Å². The van der Waals surface area contributed by atoms with Crippen LogP contribution in [0, 0.1) is 0 Å². The minimum atomic E-state index is 0.631. The Balaban J connectivity index is 0.915. The average Bonchev–Trinajstić information content (AvgIpc) is 3.39. The average molecular weight is 814 g/mol. The van der Waals surface area contributed by atoms with E-state index in [2.05, 4.69) is 200 Å². The Hall–Kier alpha value is -8.53. The Kier molecular flexibility index (Phi) is 9.16. The molecule has 11 aromatic carbocycles. The van der Waals surface area contributed by atoms with Gasteiger partial charge in [-0.2, -0.15) is 0 Å². The van der Waals surface area contributed by atoms with Crippen molar-refractivity contribution in [3.63, 3.8) is 0 Å². The first kappa shape index (κ1) is 37.2. The number of nitrogens with zero attached hydrogens (tertiary/aromatic N) is 3. The van der Waals surface area contributed by atoms with Crippen LogP contribution in [0.3, 0.4) is 0 Å². The molecule has 0 N–H and O–H groups in total. The first-order chi connectivity index (χ1) is 31.7. The molecule has 3 heteroatoms. The van der Waals surface area contributed by atoms with Crippen molar-refractivity contribution in [2.75, 3.05) is 0 Å². The largest absolute Gasteiger partial charge is 0.208 e. The quantitative estimate of drug-likeness (QED) is 0.150. The highest BCUT2D eigenvalue weighted by molar-refractivity contribution is 6.25. The van der Waals surface area contributed by atoms with E-state index in [4.69, 9.17) is 15.0 Å². The SMILES string of the molecule is c1ccc(-c2ccc(-c3nc(-c4ccccc4)nc(-c4ccc(-c5ccc6ccccc6c5-c5ccc(-c6ccc7c8ccccc8c8ccccc8c7c6)cc5)cc4)n3)cc2)cc1. The zero-order chi connectivity index (χ0) is 42.4. The third-order valence-corrected chi connectivity index (χ3v) is 12.6. The summed E-state index contributed by atoms with van der Waals surface area (Å²) in [6, 6.07) is 84.4. The molecule has 64 heavy (non-hydrogen) atoms. The fourth-order valence-electron chi connectivity index (χ4n) is 9.33. The summed E-state index contributed by atoms with van der Waals surface area (Å²) in [5.41, 5.74) is 12.2. The molecule has 1 aromatic heterocycles. The minimum Gasteiger partial charge on any atom is -0.208 e. The van der Waals surface area contributed by atoms with Gasteiger partial charge in [0.15, 0.2) is 17.5 Å². The molecule has 12 aromatic rings. The van der Waals surface area contributed by atoms with E-state index in [1.807, 2.05) is 36.4 Å². The van der Waals surface area contributed by atoms with Crippen LogP contribution in [-0.4, -0.2) is 15.0 Å². The van der Waals surface area contributed by atoms with Crippen molar-refractivity contribution >= 4 is 43.1 Å². The monoisotopic (exact) mass is 813 g/mol. The van der Waals surface area contributed by atoms with Crippen LogP contribution in [0.25, 0.3) is 122 Å². The van der Waals surface area contributed by atoms with Crippen molar-refractivity contribution < 1.29 is 0 Å². The van der Waals surface area contributed by atoms with Crippen molar-refractivity contribution in [1.29, 1.82) is 0 Å². The minimum absolute atomic E-state index is 0.631. The Morgan fingerprint density at radius 3 is 1.12 bits per heavy atom. The van der Waals surface area contributed by atoms with Gasteiger partial charge >= 0.3 is 0 Å². The van der Waals surface area contributed by atoms with Gasteiger partial charge in [0.05, 0.1) is 0 Å². The summed E-state index contributed by atoms with van der Waals surface area (Å²) in [6.45, 7) is 0. The summed E-state index contributed by atoms with van der Waals surface area (Å²) < 4.78 is 0. The Morgan fingerprint density at radius 1 is 0.203 bits per heavy atom. The van der Waals surface area contributed by atoms with Crippen LogP contribution >= 0.6 is 0 Å². The van der Waals surface area contributed by atoms with Gasteiger partial charge in [-0.3, -0.25) is 0 Å². The standard InChI is InChI=1S/C61H39N3/c1-3-13-40(14-4-1)41-25-31-47(32-26-41)60-62-59(46-16-5-2-6-17-46)63-61(64-60)48-33-27-44(28-34-48)51-37-35-43-15-7-8-18-50(43)58(51)45-29-23-42(24-30-45)49-36-38-56-54-21-10-9-19-52(54)53-20-11-12-22-55(53)57(56)39-49/h1-39H. The highest BCUT2D eigenvalue weighted by Gasteiger charge is 2.16. The molecule has 298 valence electrons. The summed E-state index contributed by atoms with van der Waals surface area (Å²) in [5.74, 6) is 1.91. The number of fused-ring (bicyclic) bond motifs is 7. The molecule has 0 fully saturated rings. The summed E-state index contributed by atoms with van der Waals surface area (Å²) in [7, 11) is 0. The predicted molar refractivity (Wildman–Crippen MR) is 268 cm³/mol. The second-order valence-electron chi connectivity index (χ2n) is 16.3. The zero-order valence-corrected chi connectivity index (χ0v) is 34.9. The molecule has 0 saturated carbocycles. The molecule has 0 unspecified atom stereocenters.